The summed E-state index contributed by atoms with van der Waals surface area (Å²) in [5.74, 6) is -0.320. The van der Waals surface area contributed by atoms with E-state index in [0.29, 0.717) is 16.3 Å². The molecular weight excluding hydrogens is 240 g/mol. The minimum atomic E-state index is -0.495. The number of benzene rings is 2. The van der Waals surface area contributed by atoms with E-state index < -0.39 is 5.91 Å². The number of carbonyl (C=O) groups excluding carboxylic acids is 1. The number of carbonyl (C=O) groups is 1. The van der Waals surface area contributed by atoms with Crippen molar-refractivity contribution < 1.29 is 9.90 Å². The molecule has 0 saturated heterocycles. The van der Waals surface area contributed by atoms with Gasteiger partial charge in [-0.25, -0.2) is 0 Å². The normalized spacial score (nSPS) is 11.2. The van der Waals surface area contributed by atoms with Gasteiger partial charge in [-0.1, -0.05) is 13.0 Å². The Morgan fingerprint density at radius 1 is 1.26 bits per heavy atom. The lowest BCUT2D eigenvalue weighted by molar-refractivity contribution is 0.100. The topological polar surface area (TPSA) is 79.1 Å². The fourth-order valence-corrected chi connectivity index (χ4v) is 2.53. The summed E-state index contributed by atoms with van der Waals surface area (Å²) in [6.45, 7) is 2.03. The molecule has 96 valence electrons. The molecule has 19 heavy (non-hydrogen) atoms. The first kappa shape index (κ1) is 11.6. The predicted molar refractivity (Wildman–Crippen MR) is 75.4 cm³/mol. The molecule has 0 unspecified atom stereocenters. The van der Waals surface area contributed by atoms with Gasteiger partial charge >= 0.3 is 0 Å². The molecule has 0 spiro atoms. The van der Waals surface area contributed by atoms with Gasteiger partial charge in [-0.2, -0.15) is 0 Å². The third-order valence-corrected chi connectivity index (χ3v) is 3.43. The van der Waals surface area contributed by atoms with Crippen molar-refractivity contribution in [3.8, 4) is 5.75 Å². The highest BCUT2D eigenvalue weighted by Gasteiger charge is 2.15. The summed E-state index contributed by atoms with van der Waals surface area (Å²) in [5.41, 5.74) is 8.48. The molecule has 0 aliphatic rings. The molecule has 1 aromatic heterocycles. The van der Waals surface area contributed by atoms with Crippen molar-refractivity contribution in [1.82, 2.24) is 4.98 Å². The lowest BCUT2D eigenvalue weighted by atomic mass is 10.0. The standard InChI is InChI=1S/C15H14N2O2/c1-2-8-6-11-14(12(18)7-8)13-9(15(16)19)4-3-5-10(13)17-11/h3-7,17-18H,2H2,1H3,(H2,16,19). The van der Waals surface area contributed by atoms with E-state index in [1.54, 1.807) is 18.2 Å². The Hall–Kier alpha value is -2.49. The van der Waals surface area contributed by atoms with E-state index in [4.69, 9.17) is 5.73 Å². The lowest BCUT2D eigenvalue weighted by Crippen LogP contribution is -2.10. The molecule has 0 fully saturated rings. The van der Waals surface area contributed by atoms with E-state index in [1.165, 1.54) is 0 Å². The van der Waals surface area contributed by atoms with E-state index in [9.17, 15) is 9.90 Å². The van der Waals surface area contributed by atoms with Crippen LogP contribution < -0.4 is 5.73 Å². The Morgan fingerprint density at radius 3 is 2.74 bits per heavy atom. The summed E-state index contributed by atoms with van der Waals surface area (Å²) in [7, 11) is 0. The summed E-state index contributed by atoms with van der Waals surface area (Å²) in [6, 6.07) is 9.03. The molecule has 0 saturated carbocycles. The molecular formula is C15H14N2O2. The van der Waals surface area contributed by atoms with Crippen molar-refractivity contribution in [2.45, 2.75) is 13.3 Å². The fourth-order valence-electron chi connectivity index (χ4n) is 2.53. The van der Waals surface area contributed by atoms with Crippen LogP contribution >= 0.6 is 0 Å². The third-order valence-electron chi connectivity index (χ3n) is 3.43. The molecule has 0 aliphatic carbocycles. The predicted octanol–water partition coefficient (Wildman–Crippen LogP) is 2.69. The zero-order chi connectivity index (χ0) is 13.6. The summed E-state index contributed by atoms with van der Waals surface area (Å²) < 4.78 is 0. The molecule has 3 aromatic rings. The number of phenols is 1. The van der Waals surface area contributed by atoms with E-state index in [0.717, 1.165) is 23.0 Å². The van der Waals surface area contributed by atoms with Crippen LogP contribution in [-0.2, 0) is 6.42 Å². The number of aromatic amines is 1. The molecule has 0 atom stereocenters. The number of nitrogens with one attached hydrogen (secondary N) is 1. The summed E-state index contributed by atoms with van der Waals surface area (Å²) in [6.07, 6.45) is 0.835. The highest BCUT2D eigenvalue weighted by atomic mass is 16.3. The van der Waals surface area contributed by atoms with Crippen molar-refractivity contribution in [2.24, 2.45) is 5.73 Å². The summed E-state index contributed by atoms with van der Waals surface area (Å²) in [5, 5.41) is 11.5. The van der Waals surface area contributed by atoms with Crippen LogP contribution in [0.5, 0.6) is 5.75 Å². The van der Waals surface area contributed by atoms with Crippen LogP contribution in [0.1, 0.15) is 22.8 Å². The van der Waals surface area contributed by atoms with Crippen LogP contribution in [0.15, 0.2) is 30.3 Å². The largest absolute Gasteiger partial charge is 0.507 e. The van der Waals surface area contributed by atoms with Crippen LogP contribution in [-0.4, -0.2) is 16.0 Å². The maximum atomic E-state index is 11.5. The highest BCUT2D eigenvalue weighted by Crippen LogP contribution is 2.35. The van der Waals surface area contributed by atoms with Gasteiger partial charge in [-0.15, -0.1) is 0 Å². The van der Waals surface area contributed by atoms with Crippen molar-refractivity contribution in [1.29, 1.82) is 0 Å². The zero-order valence-corrected chi connectivity index (χ0v) is 10.5. The molecule has 1 amide bonds. The van der Waals surface area contributed by atoms with Crippen LogP contribution in [0.4, 0.5) is 0 Å². The van der Waals surface area contributed by atoms with E-state index >= 15 is 0 Å². The molecule has 4 heteroatoms. The number of phenolic OH excluding ortho intramolecular Hbond substituents is 1. The average molecular weight is 254 g/mol. The van der Waals surface area contributed by atoms with Gasteiger partial charge in [-0.05, 0) is 36.2 Å². The third kappa shape index (κ3) is 1.64. The van der Waals surface area contributed by atoms with E-state index in [2.05, 4.69) is 4.98 Å². The first-order valence-corrected chi connectivity index (χ1v) is 6.18. The minimum absolute atomic E-state index is 0.175. The molecule has 0 radical (unpaired) electrons. The van der Waals surface area contributed by atoms with Crippen LogP contribution in [0.25, 0.3) is 21.8 Å². The number of hydrogen-bond acceptors (Lipinski definition) is 2. The quantitative estimate of drug-likeness (QED) is 0.657. The van der Waals surface area contributed by atoms with Crippen molar-refractivity contribution >= 4 is 27.7 Å². The molecule has 3 rings (SSSR count). The Kier molecular flexibility index (Phi) is 2.45. The number of aryl methyl sites for hydroxylation is 1. The Morgan fingerprint density at radius 2 is 2.05 bits per heavy atom. The lowest BCUT2D eigenvalue weighted by Gasteiger charge is -2.02. The number of hydrogen-bond donors (Lipinski definition) is 3. The number of nitrogens with two attached hydrogens (primary N) is 1. The smallest absolute Gasteiger partial charge is 0.249 e. The van der Waals surface area contributed by atoms with Crippen LogP contribution in [0.3, 0.4) is 0 Å². The number of H-pyrrole nitrogens is 1. The van der Waals surface area contributed by atoms with E-state index in [1.807, 2.05) is 19.1 Å². The number of fused-ring (bicyclic) bond motifs is 3. The van der Waals surface area contributed by atoms with Gasteiger partial charge in [0.2, 0.25) is 5.91 Å². The maximum Gasteiger partial charge on any atom is 0.249 e. The number of amides is 1. The first-order valence-electron chi connectivity index (χ1n) is 6.18. The maximum absolute atomic E-state index is 11.5. The van der Waals surface area contributed by atoms with Gasteiger partial charge in [0.1, 0.15) is 5.75 Å². The number of rotatable bonds is 2. The SMILES string of the molecule is CCc1cc(O)c2c(c1)[nH]c1cccc(C(N)=O)c12. The summed E-state index contributed by atoms with van der Waals surface area (Å²) in [4.78, 5) is 14.7. The second-order valence-corrected chi connectivity index (χ2v) is 4.61. The van der Waals surface area contributed by atoms with Crippen LogP contribution in [0.2, 0.25) is 0 Å². The highest BCUT2D eigenvalue weighted by molar-refractivity contribution is 6.19. The molecule has 1 heterocycles. The Labute approximate surface area is 109 Å². The molecule has 4 nitrogen and oxygen atoms in total. The Bertz CT molecular complexity index is 803. The van der Waals surface area contributed by atoms with Crippen molar-refractivity contribution in [3.63, 3.8) is 0 Å². The number of aromatic nitrogens is 1. The molecule has 2 aromatic carbocycles. The fraction of sp³-hybridized carbons (Fsp3) is 0.133. The Balaban J connectivity index is 2.52. The number of primary amides is 1. The average Bonchev–Trinajstić information content (AvgIpc) is 2.76. The molecule has 0 aliphatic heterocycles. The minimum Gasteiger partial charge on any atom is -0.507 e. The monoisotopic (exact) mass is 254 g/mol. The van der Waals surface area contributed by atoms with Gasteiger partial charge in [0, 0.05) is 21.9 Å². The molecule has 4 N–H and O–H groups in total. The van der Waals surface area contributed by atoms with E-state index in [-0.39, 0.29) is 5.75 Å². The first-order chi connectivity index (χ1) is 9.11. The summed E-state index contributed by atoms with van der Waals surface area (Å²) >= 11 is 0. The van der Waals surface area contributed by atoms with Crippen LogP contribution in [0, 0.1) is 0 Å². The van der Waals surface area contributed by atoms with Crippen molar-refractivity contribution in [2.75, 3.05) is 0 Å². The van der Waals surface area contributed by atoms with Crippen molar-refractivity contribution in [3.05, 3.63) is 41.5 Å². The second kappa shape index (κ2) is 4.02. The number of aromatic hydroxyl groups is 1. The van der Waals surface area contributed by atoms with Gasteiger partial charge in [0.05, 0.1) is 5.52 Å². The molecule has 0 bridgehead atoms. The zero-order valence-electron chi connectivity index (χ0n) is 10.5. The second-order valence-electron chi connectivity index (χ2n) is 4.61. The van der Waals surface area contributed by atoms with Gasteiger partial charge in [0.25, 0.3) is 0 Å². The van der Waals surface area contributed by atoms with Gasteiger partial charge in [0.15, 0.2) is 0 Å². The van der Waals surface area contributed by atoms with Gasteiger partial charge in [-0.3, -0.25) is 4.79 Å². The van der Waals surface area contributed by atoms with Gasteiger partial charge < -0.3 is 15.8 Å².